The molecule has 0 unspecified atom stereocenters. The minimum absolute atomic E-state index is 0.0715. The van der Waals surface area contributed by atoms with Gasteiger partial charge in [-0.3, -0.25) is 4.79 Å². The summed E-state index contributed by atoms with van der Waals surface area (Å²) in [6.07, 6.45) is 2.38. The molecule has 5 rings (SSSR count). The first-order chi connectivity index (χ1) is 19.5. The van der Waals surface area contributed by atoms with Crippen LogP contribution in [0, 0.1) is 19.7 Å². The highest BCUT2D eigenvalue weighted by Crippen LogP contribution is 2.42. The molecule has 1 saturated heterocycles. The van der Waals surface area contributed by atoms with Crippen molar-refractivity contribution in [2.45, 2.75) is 77.1 Å². The number of likely N-dealkylation sites (tertiary alicyclic amines) is 1. The molecule has 1 heterocycles. The lowest BCUT2D eigenvalue weighted by atomic mass is 9.91. The number of aryl methyl sites for hydroxylation is 2. The van der Waals surface area contributed by atoms with E-state index in [4.69, 9.17) is 0 Å². The minimum atomic E-state index is -4.47. The van der Waals surface area contributed by atoms with Crippen LogP contribution in [0.5, 0.6) is 0 Å². The number of nitrogens with zero attached hydrogens (tertiary/aromatic N) is 2. The van der Waals surface area contributed by atoms with Crippen molar-refractivity contribution in [3.05, 3.63) is 88.2 Å². The summed E-state index contributed by atoms with van der Waals surface area (Å²) in [7, 11) is 1.76. The Morgan fingerprint density at radius 1 is 0.927 bits per heavy atom. The van der Waals surface area contributed by atoms with Crippen LogP contribution >= 0.6 is 0 Å². The fourth-order valence-corrected chi connectivity index (χ4v) is 6.32. The topological polar surface area (TPSA) is 35.6 Å². The molecule has 8 heteroatoms. The number of nitrogens with one attached hydrogen (secondary N) is 1. The smallest absolute Gasteiger partial charge is 0.382 e. The SMILES string of the molecule is Cc1ccc(N(C)c2cc(NC3CCCC3)ccc2[C@H]2CCCCN2C(=O)c2c(C)cccc2F)cc1C(F)(F)F. The number of amides is 1. The van der Waals surface area contributed by atoms with Gasteiger partial charge in [-0.15, -0.1) is 0 Å². The van der Waals surface area contributed by atoms with E-state index < -0.39 is 17.6 Å². The maximum atomic E-state index is 14.9. The number of hydrogen-bond acceptors (Lipinski definition) is 3. The van der Waals surface area contributed by atoms with Gasteiger partial charge in [0.2, 0.25) is 0 Å². The van der Waals surface area contributed by atoms with E-state index in [2.05, 4.69) is 5.32 Å². The number of rotatable bonds is 6. The summed E-state index contributed by atoms with van der Waals surface area (Å²) in [5.41, 5.74) is 2.99. The van der Waals surface area contributed by atoms with Gasteiger partial charge in [-0.25, -0.2) is 4.39 Å². The van der Waals surface area contributed by atoms with Crippen molar-refractivity contribution in [3.8, 4) is 0 Å². The highest BCUT2D eigenvalue weighted by Gasteiger charge is 2.35. The molecule has 1 N–H and O–H groups in total. The number of hydrogen-bond donors (Lipinski definition) is 1. The number of benzene rings is 3. The third-order valence-corrected chi connectivity index (χ3v) is 8.59. The molecule has 2 aliphatic rings. The van der Waals surface area contributed by atoms with E-state index in [1.54, 1.807) is 42.0 Å². The second kappa shape index (κ2) is 11.7. The van der Waals surface area contributed by atoms with Crippen molar-refractivity contribution in [1.29, 1.82) is 0 Å². The third kappa shape index (κ3) is 6.07. The predicted octanol–water partition coefficient (Wildman–Crippen LogP) is 8.95. The number of carbonyl (C=O) groups is 1. The van der Waals surface area contributed by atoms with Crippen LogP contribution in [0.3, 0.4) is 0 Å². The summed E-state index contributed by atoms with van der Waals surface area (Å²) in [5, 5.41) is 3.60. The zero-order valence-corrected chi connectivity index (χ0v) is 23.8. The van der Waals surface area contributed by atoms with Crippen LogP contribution in [-0.4, -0.2) is 30.4 Å². The van der Waals surface area contributed by atoms with Crippen molar-refractivity contribution in [2.24, 2.45) is 0 Å². The van der Waals surface area contributed by atoms with E-state index in [9.17, 15) is 22.4 Å². The standard InChI is InChI=1S/C33H37F4N3O/c1-21-14-16-25(20-27(21)33(35,36)37)39(3)30-19-24(38-23-10-4-5-11-23)15-17-26(30)29-13-6-7-18-40(29)32(41)31-22(2)9-8-12-28(31)34/h8-9,12,14-17,19-20,23,29,38H,4-7,10-11,13,18H2,1-3H3/t29-/m1/s1. The third-order valence-electron chi connectivity index (χ3n) is 8.59. The van der Waals surface area contributed by atoms with Gasteiger partial charge in [-0.2, -0.15) is 13.2 Å². The molecule has 0 spiro atoms. The number of carbonyl (C=O) groups excluding carboxylic acids is 1. The molecule has 1 amide bonds. The Labute approximate surface area is 239 Å². The average Bonchev–Trinajstić information content (AvgIpc) is 3.45. The number of piperidine rings is 1. The first-order valence-corrected chi connectivity index (χ1v) is 14.4. The Kier molecular flexibility index (Phi) is 8.30. The van der Waals surface area contributed by atoms with Crippen molar-refractivity contribution in [3.63, 3.8) is 0 Å². The van der Waals surface area contributed by atoms with E-state index in [1.807, 2.05) is 18.2 Å². The lowest BCUT2D eigenvalue weighted by Gasteiger charge is -2.38. The summed E-state index contributed by atoms with van der Waals surface area (Å²) >= 11 is 0. The van der Waals surface area contributed by atoms with Gasteiger partial charge in [-0.1, -0.05) is 37.1 Å². The lowest BCUT2D eigenvalue weighted by Crippen LogP contribution is -2.39. The molecule has 0 aromatic heterocycles. The van der Waals surface area contributed by atoms with E-state index in [0.717, 1.165) is 42.6 Å². The first kappa shape index (κ1) is 29.0. The van der Waals surface area contributed by atoms with E-state index >= 15 is 0 Å². The van der Waals surface area contributed by atoms with Crippen LogP contribution in [0.15, 0.2) is 54.6 Å². The van der Waals surface area contributed by atoms with Crippen LogP contribution in [0.4, 0.5) is 34.6 Å². The van der Waals surface area contributed by atoms with Gasteiger partial charge < -0.3 is 15.1 Å². The molecule has 0 bridgehead atoms. The zero-order chi connectivity index (χ0) is 29.3. The Hall–Kier alpha value is -3.55. The molecular weight excluding hydrogens is 530 g/mol. The average molecular weight is 568 g/mol. The number of anilines is 3. The largest absolute Gasteiger partial charge is 0.416 e. The summed E-state index contributed by atoms with van der Waals surface area (Å²) < 4.78 is 56.3. The van der Waals surface area contributed by atoms with E-state index in [-0.39, 0.29) is 23.1 Å². The van der Waals surface area contributed by atoms with Crippen molar-refractivity contribution >= 4 is 23.0 Å². The maximum Gasteiger partial charge on any atom is 0.416 e. The zero-order valence-electron chi connectivity index (χ0n) is 23.8. The van der Waals surface area contributed by atoms with Gasteiger partial charge in [0.15, 0.2) is 0 Å². The fourth-order valence-electron chi connectivity index (χ4n) is 6.32. The van der Waals surface area contributed by atoms with Gasteiger partial charge in [0.1, 0.15) is 5.82 Å². The Morgan fingerprint density at radius 2 is 1.66 bits per heavy atom. The van der Waals surface area contributed by atoms with Gasteiger partial charge in [0.05, 0.1) is 17.2 Å². The van der Waals surface area contributed by atoms with Crippen LogP contribution in [0.2, 0.25) is 0 Å². The monoisotopic (exact) mass is 567 g/mol. The van der Waals surface area contributed by atoms with E-state index in [0.29, 0.717) is 30.3 Å². The predicted molar refractivity (Wildman–Crippen MR) is 155 cm³/mol. The molecule has 1 saturated carbocycles. The highest BCUT2D eigenvalue weighted by atomic mass is 19.4. The van der Waals surface area contributed by atoms with E-state index in [1.165, 1.54) is 38.0 Å². The number of alkyl halides is 3. The van der Waals surface area contributed by atoms with Crippen molar-refractivity contribution in [1.82, 2.24) is 4.90 Å². The maximum absolute atomic E-state index is 14.9. The summed E-state index contributed by atoms with van der Waals surface area (Å²) in [5.74, 6) is -0.908. The van der Waals surface area contributed by atoms with Crippen LogP contribution < -0.4 is 10.2 Å². The Balaban J connectivity index is 1.58. The van der Waals surface area contributed by atoms with Gasteiger partial charge >= 0.3 is 6.18 Å². The summed E-state index contributed by atoms with van der Waals surface area (Å²) in [6.45, 7) is 3.67. The molecule has 0 radical (unpaired) electrons. The van der Waals surface area contributed by atoms with Gasteiger partial charge in [0.25, 0.3) is 5.91 Å². The van der Waals surface area contributed by atoms with Gasteiger partial charge in [0, 0.05) is 36.7 Å². The molecule has 218 valence electrons. The molecule has 3 aromatic carbocycles. The molecular formula is C33H37F4N3O. The van der Waals surface area contributed by atoms with Crippen molar-refractivity contribution in [2.75, 3.05) is 23.8 Å². The summed E-state index contributed by atoms with van der Waals surface area (Å²) in [4.78, 5) is 17.3. The normalized spacial score (nSPS) is 18.0. The molecule has 1 aliphatic heterocycles. The second-order valence-electron chi connectivity index (χ2n) is 11.4. The molecule has 41 heavy (non-hydrogen) atoms. The molecule has 3 aromatic rings. The molecule has 2 fully saturated rings. The number of halogens is 4. The highest BCUT2D eigenvalue weighted by molar-refractivity contribution is 5.96. The van der Waals surface area contributed by atoms with Crippen LogP contribution in [-0.2, 0) is 6.18 Å². The molecule has 4 nitrogen and oxygen atoms in total. The van der Waals surface area contributed by atoms with Crippen LogP contribution in [0.1, 0.15) is 83.6 Å². The van der Waals surface area contributed by atoms with Crippen molar-refractivity contribution < 1.29 is 22.4 Å². The van der Waals surface area contributed by atoms with Gasteiger partial charge in [-0.05, 0) is 93.0 Å². The fraction of sp³-hybridized carbons (Fsp3) is 0.424. The second-order valence-corrected chi connectivity index (χ2v) is 11.4. The lowest BCUT2D eigenvalue weighted by molar-refractivity contribution is -0.138. The summed E-state index contributed by atoms with van der Waals surface area (Å²) in [6, 6.07) is 15.0. The Morgan fingerprint density at radius 3 is 2.37 bits per heavy atom. The first-order valence-electron chi connectivity index (χ1n) is 14.4. The molecule has 1 atom stereocenters. The molecule has 1 aliphatic carbocycles. The minimum Gasteiger partial charge on any atom is -0.382 e. The van der Waals surface area contributed by atoms with Crippen LogP contribution in [0.25, 0.3) is 0 Å². The quantitative estimate of drug-likeness (QED) is 0.302. The Bertz CT molecular complexity index is 1390.